The van der Waals surface area contributed by atoms with Gasteiger partial charge in [-0.25, -0.2) is 0 Å². The third kappa shape index (κ3) is 3.69. The van der Waals surface area contributed by atoms with Crippen molar-refractivity contribution in [3.05, 3.63) is 36.8 Å². The molecule has 2 radical (unpaired) electrons. The van der Waals surface area contributed by atoms with Gasteiger partial charge in [0.25, 0.3) is 0 Å². The van der Waals surface area contributed by atoms with Crippen molar-refractivity contribution in [1.82, 2.24) is 0 Å². The molecule has 1 aliphatic rings. The van der Waals surface area contributed by atoms with E-state index in [2.05, 4.69) is 19.7 Å². The van der Waals surface area contributed by atoms with Crippen molar-refractivity contribution in [3.63, 3.8) is 0 Å². The minimum atomic E-state index is -2.63. The molecule has 8 heteroatoms. The first-order valence-corrected chi connectivity index (χ1v) is 13.2. The lowest BCUT2D eigenvalue weighted by Crippen LogP contribution is -2.60. The Labute approximate surface area is 109 Å². The van der Waals surface area contributed by atoms with Crippen LogP contribution in [0.1, 0.15) is 0 Å². The van der Waals surface area contributed by atoms with E-state index in [1.807, 2.05) is 19.6 Å². The second-order valence-corrected chi connectivity index (χ2v) is 15.2. The molecular weight excluding hydrogens is 284 g/mol. The summed E-state index contributed by atoms with van der Waals surface area (Å²) in [4.78, 5) is 0. The first kappa shape index (κ1) is 15.0. The van der Waals surface area contributed by atoms with Crippen LogP contribution in [0.4, 0.5) is 0 Å². The summed E-state index contributed by atoms with van der Waals surface area (Å²) in [7, 11) is -7.44. The third-order valence-electron chi connectivity index (χ3n) is 2.24. The minimum absolute atomic E-state index is 0.0970. The zero-order valence-corrected chi connectivity index (χ0v) is 14.5. The molecule has 1 rings (SSSR count). The summed E-state index contributed by atoms with van der Waals surface area (Å²) >= 11 is 0. The molecule has 1 saturated heterocycles. The molecule has 0 spiro atoms. The summed E-state index contributed by atoms with van der Waals surface area (Å²) < 4.78 is 23.6. The van der Waals surface area contributed by atoms with Crippen molar-refractivity contribution in [2.45, 2.75) is 19.6 Å². The molecule has 0 saturated carbocycles. The molecule has 0 amide bonds. The van der Waals surface area contributed by atoms with Gasteiger partial charge in [-0.3, -0.25) is 0 Å². The summed E-state index contributed by atoms with van der Waals surface area (Å²) in [6.45, 7) is 17.2. The highest BCUT2D eigenvalue weighted by atomic mass is 28.5. The van der Waals surface area contributed by atoms with Gasteiger partial charge < -0.3 is 16.5 Å². The zero-order chi connectivity index (χ0) is 13.2. The van der Waals surface area contributed by atoms with Crippen LogP contribution in [0.2, 0.25) is 19.6 Å². The number of rotatable bonds is 3. The lowest BCUT2D eigenvalue weighted by molar-refractivity contribution is 0.271. The van der Waals surface area contributed by atoms with Crippen LogP contribution in [0, 0.1) is 0 Å². The number of hydrogen-bond donors (Lipinski definition) is 0. The molecule has 1 fully saturated rings. The van der Waals surface area contributed by atoms with Crippen molar-refractivity contribution in [3.8, 4) is 0 Å². The quantitative estimate of drug-likeness (QED) is 0.747. The average Bonchev–Trinajstić information content (AvgIpc) is 2.25. The molecule has 94 valence electrons. The molecule has 0 aromatic rings. The smallest absolute Gasteiger partial charge is 0.413 e. The van der Waals surface area contributed by atoms with Crippen LogP contribution < -0.4 is 0 Å². The van der Waals surface area contributed by atoms with E-state index in [-0.39, 0.29) is 10.0 Å². The van der Waals surface area contributed by atoms with E-state index in [0.29, 0.717) is 0 Å². The highest BCUT2D eigenvalue weighted by Crippen LogP contribution is 2.26. The van der Waals surface area contributed by atoms with Crippen molar-refractivity contribution < 1.29 is 16.5 Å². The molecule has 4 nitrogen and oxygen atoms in total. The van der Waals surface area contributed by atoms with Crippen molar-refractivity contribution in [1.29, 1.82) is 0 Å². The maximum atomic E-state index is 6.09. The van der Waals surface area contributed by atoms with Gasteiger partial charge in [-0.2, -0.15) is 0 Å². The van der Waals surface area contributed by atoms with E-state index < -0.39 is 25.7 Å². The fourth-order valence-corrected chi connectivity index (χ4v) is 13.5. The Morgan fingerprint density at radius 1 is 0.882 bits per heavy atom. The van der Waals surface area contributed by atoms with E-state index in [4.69, 9.17) is 16.5 Å². The zero-order valence-electron chi connectivity index (χ0n) is 10.5. The number of hydrogen-bond acceptors (Lipinski definition) is 4. The molecule has 17 heavy (non-hydrogen) atoms. The van der Waals surface area contributed by atoms with Crippen LogP contribution in [0.15, 0.2) is 36.8 Å². The molecule has 1 atom stereocenters. The van der Waals surface area contributed by atoms with E-state index >= 15 is 0 Å². The van der Waals surface area contributed by atoms with Crippen LogP contribution in [0.3, 0.4) is 0 Å². The Morgan fingerprint density at radius 3 is 1.94 bits per heavy atom. The van der Waals surface area contributed by atoms with E-state index in [0.717, 1.165) is 0 Å². The van der Waals surface area contributed by atoms with Gasteiger partial charge in [0.1, 0.15) is 0 Å². The summed E-state index contributed by atoms with van der Waals surface area (Å²) in [5.74, 6) is 0. The molecule has 1 heterocycles. The Kier molecular flexibility index (Phi) is 4.65. The summed E-state index contributed by atoms with van der Waals surface area (Å²) in [5.41, 5.74) is 5.13. The SMILES string of the molecule is C=C[Si]1(C)O[Si](C)(C)O[Si]O[Si](C=C)(C=C)O1. The van der Waals surface area contributed by atoms with Gasteiger partial charge in [0.2, 0.25) is 0 Å². The van der Waals surface area contributed by atoms with Gasteiger partial charge in [0, 0.05) is 0 Å². The molecule has 0 aromatic carbocycles. The maximum Gasteiger partial charge on any atom is 0.413 e. The van der Waals surface area contributed by atoms with Crippen LogP contribution in [0.5, 0.6) is 0 Å². The Bertz CT molecular complexity index is 325. The summed E-state index contributed by atoms with van der Waals surface area (Å²) in [5, 5.41) is 0. The van der Waals surface area contributed by atoms with Crippen LogP contribution in [0.25, 0.3) is 0 Å². The highest BCUT2D eigenvalue weighted by molar-refractivity contribution is 6.94. The molecular formula is C9H18O4Si4. The van der Waals surface area contributed by atoms with Crippen molar-refractivity contribution in [2.75, 3.05) is 0 Å². The normalized spacial score (nSPS) is 31.9. The predicted octanol–water partition coefficient (Wildman–Crippen LogP) is 1.99. The van der Waals surface area contributed by atoms with Crippen LogP contribution >= 0.6 is 0 Å². The second kappa shape index (κ2) is 5.28. The van der Waals surface area contributed by atoms with Crippen LogP contribution in [-0.4, -0.2) is 35.7 Å². The Morgan fingerprint density at radius 2 is 1.47 bits per heavy atom. The fourth-order valence-electron chi connectivity index (χ4n) is 1.39. The molecule has 1 unspecified atom stereocenters. The molecule has 0 aliphatic carbocycles. The fraction of sp³-hybridized carbons (Fsp3) is 0.333. The monoisotopic (exact) mass is 302 g/mol. The molecule has 0 N–H and O–H groups in total. The predicted molar refractivity (Wildman–Crippen MR) is 75.5 cm³/mol. The topological polar surface area (TPSA) is 36.9 Å². The molecule has 1 aliphatic heterocycles. The maximum absolute atomic E-state index is 6.09. The lowest BCUT2D eigenvalue weighted by Gasteiger charge is -2.40. The third-order valence-corrected chi connectivity index (χ3v) is 14.5. The van der Waals surface area contributed by atoms with Gasteiger partial charge in [-0.05, 0) is 31.0 Å². The van der Waals surface area contributed by atoms with Crippen molar-refractivity contribution in [2.24, 2.45) is 0 Å². The van der Waals surface area contributed by atoms with Gasteiger partial charge in [-0.15, -0.1) is 19.7 Å². The summed E-state index contributed by atoms with van der Waals surface area (Å²) in [6, 6.07) is 0. The van der Waals surface area contributed by atoms with Crippen LogP contribution in [-0.2, 0) is 16.5 Å². The van der Waals surface area contributed by atoms with E-state index in [1.54, 1.807) is 17.1 Å². The lowest BCUT2D eigenvalue weighted by atomic mass is 11.2. The molecule has 0 aromatic heterocycles. The van der Waals surface area contributed by atoms with Gasteiger partial charge in [0.05, 0.1) is 0 Å². The van der Waals surface area contributed by atoms with Gasteiger partial charge in [0.15, 0.2) is 0 Å². The Hall–Kier alpha value is -0.0725. The second-order valence-electron chi connectivity index (χ2n) is 4.24. The van der Waals surface area contributed by atoms with Crippen molar-refractivity contribution >= 4 is 35.7 Å². The van der Waals surface area contributed by atoms with E-state index in [1.165, 1.54) is 0 Å². The van der Waals surface area contributed by atoms with Gasteiger partial charge in [-0.1, -0.05) is 5.70 Å². The van der Waals surface area contributed by atoms with Gasteiger partial charge >= 0.3 is 35.7 Å². The largest absolute Gasteiger partial charge is 0.414 e. The highest BCUT2D eigenvalue weighted by Gasteiger charge is 2.47. The summed E-state index contributed by atoms with van der Waals surface area (Å²) in [6.07, 6.45) is 0. The first-order chi connectivity index (χ1) is 7.80. The Balaban J connectivity index is 3.04. The minimum Gasteiger partial charge on any atom is -0.414 e. The average molecular weight is 303 g/mol. The van der Waals surface area contributed by atoms with E-state index in [9.17, 15) is 0 Å². The molecule has 0 bridgehead atoms. The first-order valence-electron chi connectivity index (χ1n) is 5.22. The standard InChI is InChI=1S/C9H18O4Si4/c1-7-16(6)12-15(4,5)10-14-11-17(8-2,9-3)13-16/h7-9H,1-3H2,4-6H3.